The van der Waals surface area contributed by atoms with Gasteiger partial charge in [-0.3, -0.25) is 0 Å². The Kier molecular flexibility index (Phi) is 1.79. The Bertz CT molecular complexity index is 309. The van der Waals surface area contributed by atoms with Crippen molar-refractivity contribution in [3.63, 3.8) is 0 Å². The van der Waals surface area contributed by atoms with Gasteiger partial charge in [0.05, 0.1) is 0 Å². The van der Waals surface area contributed by atoms with E-state index in [1.54, 1.807) is 0 Å². The lowest BCUT2D eigenvalue weighted by Gasteiger charge is -2.28. The molecule has 2 bridgehead atoms. The molecule has 3 rings (SSSR count). The topological polar surface area (TPSA) is 9.23 Å². The first-order valence-electron chi connectivity index (χ1n) is 5.60. The minimum atomic E-state index is 0.214. The Morgan fingerprint density at radius 2 is 1.79 bits per heavy atom. The van der Waals surface area contributed by atoms with E-state index < -0.39 is 0 Å². The number of fused-ring (bicyclic) bond motifs is 2. The molecular weight excluding hydrogens is 172 g/mol. The summed E-state index contributed by atoms with van der Waals surface area (Å²) >= 11 is 0. The first kappa shape index (κ1) is 8.34. The molecule has 0 atom stereocenters. The van der Waals surface area contributed by atoms with Crippen LogP contribution >= 0.6 is 0 Å². The summed E-state index contributed by atoms with van der Waals surface area (Å²) in [6.07, 6.45) is 6.60. The molecule has 14 heavy (non-hydrogen) atoms. The van der Waals surface area contributed by atoms with E-state index in [1.807, 2.05) is 18.2 Å². The van der Waals surface area contributed by atoms with E-state index in [9.17, 15) is 0 Å². The van der Waals surface area contributed by atoms with Gasteiger partial charge in [0.1, 0.15) is 11.4 Å². The highest BCUT2D eigenvalue weighted by atomic mass is 16.5. The molecule has 0 aromatic heterocycles. The monoisotopic (exact) mass is 188 g/mol. The van der Waals surface area contributed by atoms with Crippen molar-refractivity contribution < 1.29 is 4.74 Å². The molecule has 0 aliphatic heterocycles. The van der Waals surface area contributed by atoms with E-state index in [0.717, 1.165) is 11.7 Å². The second kappa shape index (κ2) is 3.01. The zero-order chi connectivity index (χ0) is 9.43. The van der Waals surface area contributed by atoms with Crippen molar-refractivity contribution in [1.82, 2.24) is 0 Å². The molecular formula is C13H16O. The molecule has 0 radical (unpaired) electrons. The summed E-state index contributed by atoms with van der Waals surface area (Å²) in [6.45, 7) is 0. The molecule has 0 spiro atoms. The van der Waals surface area contributed by atoms with E-state index in [4.69, 9.17) is 4.74 Å². The van der Waals surface area contributed by atoms with Gasteiger partial charge in [-0.15, -0.1) is 0 Å². The Hall–Kier alpha value is -0.980. The van der Waals surface area contributed by atoms with Crippen LogP contribution in [0.5, 0.6) is 5.75 Å². The molecule has 2 saturated carbocycles. The van der Waals surface area contributed by atoms with Crippen LogP contribution in [0.4, 0.5) is 0 Å². The van der Waals surface area contributed by atoms with Crippen molar-refractivity contribution in [2.75, 3.05) is 0 Å². The zero-order valence-corrected chi connectivity index (χ0v) is 8.41. The van der Waals surface area contributed by atoms with Gasteiger partial charge in [-0.1, -0.05) is 18.2 Å². The Morgan fingerprint density at radius 3 is 2.36 bits per heavy atom. The maximum Gasteiger partial charge on any atom is 0.120 e. The summed E-state index contributed by atoms with van der Waals surface area (Å²) in [6, 6.07) is 10.3. The van der Waals surface area contributed by atoms with Gasteiger partial charge in [0, 0.05) is 0 Å². The number of para-hydroxylation sites is 1. The van der Waals surface area contributed by atoms with Gasteiger partial charge in [0.2, 0.25) is 0 Å². The lowest BCUT2D eigenvalue weighted by atomic mass is 9.97. The summed E-state index contributed by atoms with van der Waals surface area (Å²) in [4.78, 5) is 0. The van der Waals surface area contributed by atoms with Crippen molar-refractivity contribution in [2.24, 2.45) is 5.92 Å². The quantitative estimate of drug-likeness (QED) is 0.691. The first-order chi connectivity index (χ1) is 6.86. The molecule has 1 heteroatoms. The molecule has 1 aromatic carbocycles. The number of benzene rings is 1. The van der Waals surface area contributed by atoms with Crippen molar-refractivity contribution in [1.29, 1.82) is 0 Å². The van der Waals surface area contributed by atoms with Crippen LogP contribution in [0.3, 0.4) is 0 Å². The molecule has 0 heterocycles. The smallest absolute Gasteiger partial charge is 0.120 e. The molecule has 2 fully saturated rings. The van der Waals surface area contributed by atoms with Gasteiger partial charge in [-0.2, -0.15) is 0 Å². The van der Waals surface area contributed by atoms with Gasteiger partial charge in [0.15, 0.2) is 0 Å². The largest absolute Gasteiger partial charge is 0.487 e. The Labute approximate surface area is 85.1 Å². The third-order valence-electron chi connectivity index (χ3n) is 3.75. The summed E-state index contributed by atoms with van der Waals surface area (Å²) in [5, 5.41) is 0. The third kappa shape index (κ3) is 1.31. The van der Waals surface area contributed by atoms with Crippen LogP contribution in [-0.2, 0) is 0 Å². The highest BCUT2D eigenvalue weighted by Gasteiger charge is 2.46. The van der Waals surface area contributed by atoms with Crippen LogP contribution in [0.2, 0.25) is 0 Å². The lowest BCUT2D eigenvalue weighted by molar-refractivity contribution is 0.0803. The standard InChI is InChI=1S/C13H16O/c1-2-4-12(5-3-1)14-13-8-6-11(10-13)7-9-13/h1-5,11H,6-10H2. The van der Waals surface area contributed by atoms with Crippen molar-refractivity contribution in [2.45, 2.75) is 37.7 Å². The first-order valence-corrected chi connectivity index (χ1v) is 5.60. The maximum absolute atomic E-state index is 6.15. The molecule has 2 aliphatic carbocycles. The summed E-state index contributed by atoms with van der Waals surface area (Å²) < 4.78 is 6.15. The van der Waals surface area contributed by atoms with Crippen LogP contribution < -0.4 is 4.74 Å². The van der Waals surface area contributed by atoms with Crippen molar-refractivity contribution in [3.05, 3.63) is 30.3 Å². The van der Waals surface area contributed by atoms with Gasteiger partial charge in [-0.25, -0.2) is 0 Å². The molecule has 0 N–H and O–H groups in total. The molecule has 2 aliphatic rings. The van der Waals surface area contributed by atoms with Gasteiger partial charge < -0.3 is 4.74 Å². The van der Waals surface area contributed by atoms with Crippen LogP contribution in [-0.4, -0.2) is 5.60 Å². The number of ether oxygens (including phenoxy) is 1. The van der Waals surface area contributed by atoms with E-state index in [1.165, 1.54) is 32.1 Å². The Morgan fingerprint density at radius 1 is 1.07 bits per heavy atom. The average Bonchev–Trinajstić information content (AvgIpc) is 2.78. The van der Waals surface area contributed by atoms with Crippen LogP contribution in [0.15, 0.2) is 30.3 Å². The molecule has 1 nitrogen and oxygen atoms in total. The predicted octanol–water partition coefficient (Wildman–Crippen LogP) is 3.40. The minimum Gasteiger partial charge on any atom is -0.487 e. The molecule has 1 aromatic rings. The number of hydrogen-bond donors (Lipinski definition) is 0. The summed E-state index contributed by atoms with van der Waals surface area (Å²) in [5.74, 6) is 2.01. The average molecular weight is 188 g/mol. The predicted molar refractivity (Wildman–Crippen MR) is 56.4 cm³/mol. The third-order valence-corrected chi connectivity index (χ3v) is 3.75. The molecule has 0 saturated heterocycles. The maximum atomic E-state index is 6.15. The molecule has 74 valence electrons. The second-order valence-electron chi connectivity index (χ2n) is 4.75. The van der Waals surface area contributed by atoms with E-state index >= 15 is 0 Å². The summed E-state index contributed by atoms with van der Waals surface area (Å²) in [7, 11) is 0. The highest BCUT2D eigenvalue weighted by molar-refractivity contribution is 5.23. The lowest BCUT2D eigenvalue weighted by Crippen LogP contribution is -2.30. The molecule has 0 unspecified atom stereocenters. The van der Waals surface area contributed by atoms with Gasteiger partial charge in [0.25, 0.3) is 0 Å². The van der Waals surface area contributed by atoms with Gasteiger partial charge in [-0.05, 0) is 50.2 Å². The normalized spacial score (nSPS) is 34.7. The van der Waals surface area contributed by atoms with E-state index in [-0.39, 0.29) is 5.60 Å². The minimum absolute atomic E-state index is 0.214. The van der Waals surface area contributed by atoms with Gasteiger partial charge >= 0.3 is 0 Å². The van der Waals surface area contributed by atoms with Crippen molar-refractivity contribution in [3.8, 4) is 5.75 Å². The van der Waals surface area contributed by atoms with Crippen molar-refractivity contribution >= 4 is 0 Å². The van der Waals surface area contributed by atoms with Crippen LogP contribution in [0.25, 0.3) is 0 Å². The highest BCUT2D eigenvalue weighted by Crippen LogP contribution is 2.49. The summed E-state index contributed by atoms with van der Waals surface area (Å²) in [5.41, 5.74) is 0.214. The number of rotatable bonds is 2. The fourth-order valence-corrected chi connectivity index (χ4v) is 3.02. The van der Waals surface area contributed by atoms with Crippen LogP contribution in [0.1, 0.15) is 32.1 Å². The van der Waals surface area contributed by atoms with Crippen LogP contribution in [0, 0.1) is 5.92 Å². The second-order valence-corrected chi connectivity index (χ2v) is 4.75. The van der Waals surface area contributed by atoms with E-state index in [0.29, 0.717) is 0 Å². The zero-order valence-electron chi connectivity index (χ0n) is 8.41. The Balaban J connectivity index is 1.78. The fraction of sp³-hybridized carbons (Fsp3) is 0.538. The number of hydrogen-bond acceptors (Lipinski definition) is 1. The SMILES string of the molecule is c1ccc(OC23CCC(CC2)C3)cc1. The van der Waals surface area contributed by atoms with E-state index in [2.05, 4.69) is 12.1 Å². The molecule has 0 amide bonds. The fourth-order valence-electron chi connectivity index (χ4n) is 3.02.